The third kappa shape index (κ3) is 5.01. The van der Waals surface area contributed by atoms with Crippen molar-refractivity contribution in [2.24, 2.45) is 12.8 Å². The largest absolute Gasteiger partial charge is 0.493 e. The van der Waals surface area contributed by atoms with Crippen molar-refractivity contribution in [3.05, 3.63) is 74.5 Å². The van der Waals surface area contributed by atoms with Crippen molar-refractivity contribution in [2.75, 3.05) is 17.2 Å². The molecular weight excluding hydrogens is 516 g/mol. The molecule has 0 aliphatic rings. The monoisotopic (exact) mass is 535 g/mol. The fourth-order valence-corrected chi connectivity index (χ4v) is 4.26. The maximum atomic E-state index is 13.5. The zero-order chi connectivity index (χ0) is 25.3. The minimum Gasteiger partial charge on any atom is -0.493 e. The Morgan fingerprint density at radius 2 is 1.91 bits per heavy atom. The molecule has 0 spiro atoms. The Morgan fingerprint density at radius 3 is 2.60 bits per heavy atom. The second-order valence-corrected chi connectivity index (χ2v) is 8.76. The third-order valence-corrected chi connectivity index (χ3v) is 6.37. The van der Waals surface area contributed by atoms with Crippen LogP contribution in [0, 0.1) is 5.82 Å². The number of halogens is 4. The molecule has 0 unspecified atom stereocenters. The van der Waals surface area contributed by atoms with E-state index in [0.29, 0.717) is 50.8 Å². The van der Waals surface area contributed by atoms with Crippen LogP contribution in [0.3, 0.4) is 0 Å². The van der Waals surface area contributed by atoms with E-state index < -0.39 is 11.7 Å². The average Bonchev–Trinajstić information content (AvgIpc) is 3.13. The van der Waals surface area contributed by atoms with Gasteiger partial charge >= 0.3 is 0 Å². The highest BCUT2D eigenvalue weighted by Gasteiger charge is 2.20. The predicted molar refractivity (Wildman–Crippen MR) is 139 cm³/mol. The van der Waals surface area contributed by atoms with Crippen LogP contribution in [-0.2, 0) is 13.6 Å². The molecule has 0 aliphatic carbocycles. The zero-order valence-corrected chi connectivity index (χ0v) is 21.0. The van der Waals surface area contributed by atoms with Gasteiger partial charge in [-0.3, -0.25) is 4.79 Å². The molecule has 11 heteroatoms. The molecule has 0 radical (unpaired) electrons. The fraction of sp³-hybridized carbons (Fsp3) is 0.167. The third-order valence-electron chi connectivity index (χ3n) is 5.33. The van der Waals surface area contributed by atoms with Gasteiger partial charge < -0.3 is 25.7 Å². The number of nitrogens with two attached hydrogens (primary N) is 1. The van der Waals surface area contributed by atoms with E-state index in [0.717, 1.165) is 5.56 Å². The normalized spacial score (nSPS) is 11.1. The van der Waals surface area contributed by atoms with E-state index in [-0.39, 0.29) is 17.1 Å². The molecule has 0 bridgehead atoms. The van der Waals surface area contributed by atoms with Crippen molar-refractivity contribution in [3.8, 4) is 5.75 Å². The number of nitrogens with zero attached hydrogens (tertiary/aromatic N) is 2. The van der Waals surface area contributed by atoms with Crippen molar-refractivity contribution in [3.63, 3.8) is 0 Å². The number of rotatable bonds is 7. The quantitative estimate of drug-likeness (QED) is 0.250. The summed E-state index contributed by atoms with van der Waals surface area (Å²) in [5, 5.41) is 6.59. The van der Waals surface area contributed by atoms with E-state index in [1.165, 1.54) is 18.2 Å². The summed E-state index contributed by atoms with van der Waals surface area (Å²) in [4.78, 5) is 17.7. The lowest BCUT2D eigenvalue weighted by atomic mass is 10.1. The van der Waals surface area contributed by atoms with Gasteiger partial charge in [0.2, 0.25) is 5.95 Å². The summed E-state index contributed by atoms with van der Waals surface area (Å²) in [6.45, 7) is 2.41. The molecular formula is C24H21Cl3FN5O2. The number of amides is 1. The average molecular weight is 537 g/mol. The SMILES string of the molecule is CCOc1cc2c(cc1C(=O)Nc1ccc(F)c(Cl)c1)nc(Nc1c(Cl)ccc(CN)c1Cl)n2C. The maximum Gasteiger partial charge on any atom is 0.259 e. The smallest absolute Gasteiger partial charge is 0.259 e. The molecule has 7 nitrogen and oxygen atoms in total. The second kappa shape index (κ2) is 10.3. The number of hydrogen-bond donors (Lipinski definition) is 3. The standard InChI is InChI=1S/C24H21Cl3FN5O2/c1-3-35-20-10-19-18(9-14(20)23(34)30-13-5-7-17(28)16(26)8-13)31-24(33(19)2)32-22-15(25)6-4-12(11-29)21(22)27/h4-10H,3,11,29H2,1-2H3,(H,30,34)(H,31,32). The maximum absolute atomic E-state index is 13.5. The number of fused-ring (bicyclic) bond motifs is 1. The number of nitrogens with one attached hydrogen (secondary N) is 2. The Kier molecular flexibility index (Phi) is 7.37. The number of aryl methyl sites for hydroxylation is 1. The molecule has 3 aromatic carbocycles. The van der Waals surface area contributed by atoms with Gasteiger partial charge in [0.05, 0.1) is 44.0 Å². The van der Waals surface area contributed by atoms with Crippen LogP contribution in [0.1, 0.15) is 22.8 Å². The molecule has 1 aromatic heterocycles. The summed E-state index contributed by atoms with van der Waals surface area (Å²) in [6, 6.07) is 10.7. The first kappa shape index (κ1) is 25.1. The van der Waals surface area contributed by atoms with E-state index in [2.05, 4.69) is 15.6 Å². The van der Waals surface area contributed by atoms with Gasteiger partial charge in [-0.25, -0.2) is 9.37 Å². The van der Waals surface area contributed by atoms with Crippen molar-refractivity contribution in [2.45, 2.75) is 13.5 Å². The number of benzene rings is 3. The molecule has 4 aromatic rings. The minimum absolute atomic E-state index is 0.0975. The van der Waals surface area contributed by atoms with Crippen LogP contribution < -0.4 is 21.1 Å². The molecule has 0 aliphatic heterocycles. The number of ether oxygens (including phenoxy) is 1. The number of carbonyl (C=O) groups is 1. The Bertz CT molecular complexity index is 1440. The first-order chi connectivity index (χ1) is 16.7. The van der Waals surface area contributed by atoms with Gasteiger partial charge in [-0.15, -0.1) is 0 Å². The zero-order valence-electron chi connectivity index (χ0n) is 18.8. The number of imidazole rings is 1. The molecule has 0 saturated carbocycles. The highest BCUT2D eigenvalue weighted by Crippen LogP contribution is 2.36. The number of anilines is 3. The second-order valence-electron chi connectivity index (χ2n) is 7.57. The number of carbonyl (C=O) groups excluding carboxylic acids is 1. The van der Waals surface area contributed by atoms with Crippen molar-refractivity contribution in [1.82, 2.24) is 9.55 Å². The van der Waals surface area contributed by atoms with Crippen LogP contribution in [-0.4, -0.2) is 22.1 Å². The first-order valence-corrected chi connectivity index (χ1v) is 11.7. The molecule has 4 rings (SSSR count). The Morgan fingerprint density at radius 1 is 1.14 bits per heavy atom. The Hall–Kier alpha value is -3.04. The minimum atomic E-state index is -0.577. The van der Waals surface area contributed by atoms with Crippen LogP contribution in [0.25, 0.3) is 11.0 Å². The van der Waals surface area contributed by atoms with E-state index in [9.17, 15) is 9.18 Å². The van der Waals surface area contributed by atoms with E-state index in [1.807, 2.05) is 14.0 Å². The topological polar surface area (TPSA) is 94.2 Å². The lowest BCUT2D eigenvalue weighted by molar-refractivity contribution is 0.102. The number of aromatic nitrogens is 2. The van der Waals surface area contributed by atoms with Gasteiger partial charge in [-0.2, -0.15) is 0 Å². The summed E-state index contributed by atoms with van der Waals surface area (Å²) in [7, 11) is 1.81. The van der Waals surface area contributed by atoms with Crippen molar-refractivity contribution in [1.29, 1.82) is 0 Å². The summed E-state index contributed by atoms with van der Waals surface area (Å²) in [6.07, 6.45) is 0. The summed E-state index contributed by atoms with van der Waals surface area (Å²) < 4.78 is 21.0. The van der Waals surface area contributed by atoms with Gasteiger partial charge in [0, 0.05) is 25.3 Å². The van der Waals surface area contributed by atoms with Crippen molar-refractivity contribution >= 4 is 69.1 Å². The van der Waals surface area contributed by atoms with E-state index >= 15 is 0 Å². The lowest BCUT2D eigenvalue weighted by Crippen LogP contribution is -2.14. The van der Waals surface area contributed by atoms with Gasteiger partial charge in [0.25, 0.3) is 5.91 Å². The lowest BCUT2D eigenvalue weighted by Gasteiger charge is -2.13. The predicted octanol–water partition coefficient (Wildman–Crippen LogP) is 6.53. The molecule has 0 fully saturated rings. The molecule has 4 N–H and O–H groups in total. The van der Waals surface area contributed by atoms with E-state index in [4.69, 9.17) is 45.3 Å². The molecule has 182 valence electrons. The molecule has 1 amide bonds. The Balaban J connectivity index is 1.74. The molecule has 1 heterocycles. The van der Waals surface area contributed by atoms with Crippen LogP contribution in [0.15, 0.2) is 42.5 Å². The van der Waals surface area contributed by atoms with Crippen LogP contribution in [0.4, 0.5) is 21.7 Å². The van der Waals surface area contributed by atoms with Gasteiger partial charge in [-0.05, 0) is 42.8 Å². The highest BCUT2D eigenvalue weighted by atomic mass is 35.5. The number of hydrogen-bond acceptors (Lipinski definition) is 5. The molecule has 0 atom stereocenters. The summed E-state index contributed by atoms with van der Waals surface area (Å²) in [5.41, 5.74) is 8.81. The fourth-order valence-electron chi connectivity index (χ4n) is 3.54. The Labute approximate surface area is 215 Å². The molecule has 0 saturated heterocycles. The van der Waals surface area contributed by atoms with Gasteiger partial charge in [-0.1, -0.05) is 40.9 Å². The van der Waals surface area contributed by atoms with Crippen LogP contribution >= 0.6 is 34.8 Å². The van der Waals surface area contributed by atoms with Crippen molar-refractivity contribution < 1.29 is 13.9 Å². The van der Waals surface area contributed by atoms with Gasteiger partial charge in [0.1, 0.15) is 11.6 Å². The van der Waals surface area contributed by atoms with Crippen LogP contribution in [0.5, 0.6) is 5.75 Å². The first-order valence-electron chi connectivity index (χ1n) is 10.6. The summed E-state index contributed by atoms with van der Waals surface area (Å²) >= 11 is 18.7. The van der Waals surface area contributed by atoms with Crippen LogP contribution in [0.2, 0.25) is 15.1 Å². The highest BCUT2D eigenvalue weighted by molar-refractivity contribution is 6.39. The molecule has 35 heavy (non-hydrogen) atoms. The summed E-state index contributed by atoms with van der Waals surface area (Å²) in [5.74, 6) is -0.225. The van der Waals surface area contributed by atoms with E-state index in [1.54, 1.807) is 28.8 Å². The van der Waals surface area contributed by atoms with Gasteiger partial charge in [0.15, 0.2) is 0 Å².